The topological polar surface area (TPSA) is 39.8 Å². The second-order valence-corrected chi connectivity index (χ2v) is 4.86. The molecule has 0 fully saturated rings. The van der Waals surface area contributed by atoms with Crippen molar-refractivity contribution in [2.45, 2.75) is 0 Å². The largest absolute Gasteiger partial charge is 0.710 e. The van der Waals surface area contributed by atoms with Crippen LogP contribution < -0.4 is 4.73 Å². The number of nitrogens with zero attached hydrogens (tertiary/aromatic N) is 2. The first-order chi connectivity index (χ1) is 8.75. The summed E-state index contributed by atoms with van der Waals surface area (Å²) in [7, 11) is 0. The summed E-state index contributed by atoms with van der Waals surface area (Å²) in [6.45, 7) is 0. The summed E-state index contributed by atoms with van der Waals surface area (Å²) in [5, 5.41) is 12.8. The fourth-order valence-electron chi connectivity index (χ4n) is 1.98. The Kier molecular flexibility index (Phi) is 2.72. The Morgan fingerprint density at radius 1 is 1.06 bits per heavy atom. The Bertz CT molecular complexity index is 708. The second kappa shape index (κ2) is 4.38. The molecule has 0 N–H and O–H groups in total. The number of benzene rings is 2. The molecule has 0 aliphatic rings. The molecule has 88 valence electrons. The number of fused-ring (bicyclic) bond motifs is 1. The van der Waals surface area contributed by atoms with Crippen molar-refractivity contribution in [3.05, 3.63) is 64.5 Å². The lowest BCUT2D eigenvalue weighted by Crippen LogP contribution is -2.29. The van der Waals surface area contributed by atoms with Gasteiger partial charge in [-0.2, -0.15) is 0 Å². The summed E-state index contributed by atoms with van der Waals surface area (Å²) < 4.78 is 1.74. The molecule has 0 bridgehead atoms. The molecule has 0 amide bonds. The predicted molar refractivity (Wildman–Crippen MR) is 73.8 cm³/mol. The first-order valence-corrected chi connectivity index (χ1v) is 6.28. The van der Waals surface area contributed by atoms with E-state index in [2.05, 4.69) is 20.9 Å². The minimum atomic E-state index is 0.627. The van der Waals surface area contributed by atoms with Gasteiger partial charge in [0.05, 0.1) is 5.39 Å². The van der Waals surface area contributed by atoms with E-state index in [0.29, 0.717) is 5.69 Å². The van der Waals surface area contributed by atoms with Crippen LogP contribution in [0.4, 0.5) is 0 Å². The van der Waals surface area contributed by atoms with E-state index in [-0.39, 0.29) is 0 Å². The first kappa shape index (κ1) is 11.2. The zero-order valence-electron chi connectivity index (χ0n) is 9.38. The Morgan fingerprint density at radius 2 is 1.83 bits per heavy atom. The Hall–Kier alpha value is -1.94. The summed E-state index contributed by atoms with van der Waals surface area (Å²) >= 11 is 3.42. The van der Waals surface area contributed by atoms with Gasteiger partial charge in [-0.1, -0.05) is 46.3 Å². The number of hydrogen-bond donors (Lipinski definition) is 0. The fourth-order valence-corrected chi connectivity index (χ4v) is 2.34. The lowest BCUT2D eigenvalue weighted by atomic mass is 10.1. The molecule has 0 saturated heterocycles. The highest BCUT2D eigenvalue weighted by Crippen LogP contribution is 2.26. The van der Waals surface area contributed by atoms with E-state index in [1.54, 1.807) is 0 Å². The van der Waals surface area contributed by atoms with Gasteiger partial charge in [-0.25, -0.2) is 4.73 Å². The minimum Gasteiger partial charge on any atom is -0.710 e. The van der Waals surface area contributed by atoms with Crippen molar-refractivity contribution in [2.75, 3.05) is 0 Å². The molecule has 18 heavy (non-hydrogen) atoms. The van der Waals surface area contributed by atoms with Crippen molar-refractivity contribution in [3.8, 4) is 11.3 Å². The number of rotatable bonds is 1. The third-order valence-corrected chi connectivity index (χ3v) is 3.28. The van der Waals surface area contributed by atoms with E-state index >= 15 is 0 Å². The highest BCUT2D eigenvalue weighted by molar-refractivity contribution is 9.10. The highest BCUT2D eigenvalue weighted by atomic mass is 79.9. The standard InChI is InChI=1S/C14H9BrN2O/c15-11-6-7-13-12(8-11)14(17(18)9-16-13)10-4-2-1-3-5-10/h1-9H. The van der Waals surface area contributed by atoms with Crippen molar-refractivity contribution in [1.29, 1.82) is 0 Å². The van der Waals surface area contributed by atoms with Crippen LogP contribution >= 0.6 is 15.9 Å². The van der Waals surface area contributed by atoms with Gasteiger partial charge in [0.2, 0.25) is 0 Å². The molecule has 3 aromatic rings. The summed E-state index contributed by atoms with van der Waals surface area (Å²) in [6.07, 6.45) is 1.30. The van der Waals surface area contributed by atoms with Crippen molar-refractivity contribution in [2.24, 2.45) is 0 Å². The third kappa shape index (κ3) is 1.84. The fraction of sp³-hybridized carbons (Fsp3) is 0. The van der Waals surface area contributed by atoms with Crippen LogP contribution in [-0.4, -0.2) is 4.98 Å². The Balaban J connectivity index is 2.40. The molecule has 1 heterocycles. The molecule has 3 nitrogen and oxygen atoms in total. The molecule has 0 saturated carbocycles. The van der Waals surface area contributed by atoms with E-state index in [1.807, 2.05) is 48.5 Å². The molecule has 3 rings (SSSR count). The zero-order valence-corrected chi connectivity index (χ0v) is 11.0. The zero-order chi connectivity index (χ0) is 12.5. The van der Waals surface area contributed by atoms with Crippen LogP contribution in [0.3, 0.4) is 0 Å². The summed E-state index contributed by atoms with van der Waals surface area (Å²) in [6, 6.07) is 15.3. The van der Waals surface area contributed by atoms with Gasteiger partial charge < -0.3 is 5.21 Å². The molecule has 0 spiro atoms. The maximum atomic E-state index is 12.0. The van der Waals surface area contributed by atoms with E-state index in [0.717, 1.165) is 25.7 Å². The summed E-state index contributed by atoms with van der Waals surface area (Å²) in [4.78, 5) is 4.14. The van der Waals surface area contributed by atoms with Gasteiger partial charge in [-0.3, -0.25) is 0 Å². The van der Waals surface area contributed by atoms with E-state index in [4.69, 9.17) is 0 Å². The van der Waals surface area contributed by atoms with Gasteiger partial charge in [0, 0.05) is 10.0 Å². The Morgan fingerprint density at radius 3 is 2.61 bits per heavy atom. The molecule has 0 radical (unpaired) electrons. The van der Waals surface area contributed by atoms with E-state index in [9.17, 15) is 5.21 Å². The van der Waals surface area contributed by atoms with Crippen molar-refractivity contribution in [1.82, 2.24) is 4.98 Å². The SMILES string of the molecule is [O-][n+]1cnc2ccc(Br)cc2c1-c1ccccc1. The molecule has 0 aliphatic carbocycles. The van der Waals surface area contributed by atoms with Gasteiger partial charge in [0.25, 0.3) is 6.33 Å². The lowest BCUT2D eigenvalue weighted by molar-refractivity contribution is -0.595. The van der Waals surface area contributed by atoms with Gasteiger partial charge in [-0.05, 0) is 23.2 Å². The molecular formula is C14H9BrN2O. The van der Waals surface area contributed by atoms with Crippen LogP contribution in [0.5, 0.6) is 0 Å². The predicted octanol–water partition coefficient (Wildman–Crippen LogP) is 3.30. The number of aromatic nitrogens is 2. The first-order valence-electron chi connectivity index (χ1n) is 5.48. The Labute approximate surface area is 112 Å². The molecule has 0 unspecified atom stereocenters. The van der Waals surface area contributed by atoms with Crippen LogP contribution in [0.1, 0.15) is 0 Å². The molecule has 0 aliphatic heterocycles. The van der Waals surface area contributed by atoms with Gasteiger partial charge in [0.15, 0.2) is 5.52 Å². The van der Waals surface area contributed by atoms with Gasteiger partial charge in [-0.15, -0.1) is 0 Å². The smallest absolute Gasteiger partial charge is 0.290 e. The third-order valence-electron chi connectivity index (χ3n) is 2.78. The maximum absolute atomic E-state index is 12.0. The number of halogens is 1. The van der Waals surface area contributed by atoms with Gasteiger partial charge >= 0.3 is 0 Å². The van der Waals surface area contributed by atoms with Crippen LogP contribution in [-0.2, 0) is 0 Å². The number of hydrogen-bond acceptors (Lipinski definition) is 2. The average molecular weight is 301 g/mol. The molecular weight excluding hydrogens is 292 g/mol. The van der Waals surface area contributed by atoms with Crippen LogP contribution in [0.2, 0.25) is 0 Å². The monoisotopic (exact) mass is 300 g/mol. The van der Waals surface area contributed by atoms with Crippen molar-refractivity contribution < 1.29 is 4.73 Å². The highest BCUT2D eigenvalue weighted by Gasteiger charge is 2.13. The minimum absolute atomic E-state index is 0.627. The summed E-state index contributed by atoms with van der Waals surface area (Å²) in [5.74, 6) is 0. The quantitative estimate of drug-likeness (QED) is 0.511. The van der Waals surface area contributed by atoms with Crippen LogP contribution in [0.15, 0.2) is 59.3 Å². The molecule has 0 atom stereocenters. The maximum Gasteiger partial charge on any atom is 0.290 e. The molecule has 4 heteroatoms. The van der Waals surface area contributed by atoms with E-state index < -0.39 is 0 Å². The molecule has 2 aromatic carbocycles. The van der Waals surface area contributed by atoms with Gasteiger partial charge in [0.1, 0.15) is 5.69 Å². The van der Waals surface area contributed by atoms with Crippen LogP contribution in [0, 0.1) is 5.21 Å². The van der Waals surface area contributed by atoms with Crippen LogP contribution in [0.25, 0.3) is 22.2 Å². The lowest BCUT2D eigenvalue weighted by Gasteiger charge is -2.10. The summed E-state index contributed by atoms with van der Waals surface area (Å²) in [5.41, 5.74) is 2.32. The average Bonchev–Trinajstić information content (AvgIpc) is 2.39. The van der Waals surface area contributed by atoms with Crippen molar-refractivity contribution in [3.63, 3.8) is 0 Å². The van der Waals surface area contributed by atoms with E-state index in [1.165, 1.54) is 6.33 Å². The second-order valence-electron chi connectivity index (χ2n) is 3.95. The van der Waals surface area contributed by atoms with Crippen molar-refractivity contribution >= 4 is 26.8 Å². The molecule has 1 aromatic heterocycles. The normalized spacial score (nSPS) is 10.7.